The van der Waals surface area contributed by atoms with Gasteiger partial charge < -0.3 is 19.8 Å². The van der Waals surface area contributed by atoms with Crippen LogP contribution in [0.15, 0.2) is 16.8 Å². The Morgan fingerprint density at radius 1 is 1.40 bits per heavy atom. The van der Waals surface area contributed by atoms with Crippen LogP contribution in [0.3, 0.4) is 0 Å². The first-order valence-electron chi connectivity index (χ1n) is 7.87. The van der Waals surface area contributed by atoms with E-state index < -0.39 is 17.9 Å². The van der Waals surface area contributed by atoms with Crippen molar-refractivity contribution in [2.45, 2.75) is 33.2 Å². The summed E-state index contributed by atoms with van der Waals surface area (Å²) in [5, 5.41) is 16.3. The van der Waals surface area contributed by atoms with Gasteiger partial charge in [0.05, 0.1) is 16.6 Å². The highest BCUT2D eigenvalue weighted by Gasteiger charge is 2.27. The second-order valence-corrected chi connectivity index (χ2v) is 5.56. The van der Waals surface area contributed by atoms with Crippen molar-refractivity contribution in [3.8, 4) is 0 Å². The van der Waals surface area contributed by atoms with E-state index in [2.05, 4.69) is 15.5 Å². The summed E-state index contributed by atoms with van der Waals surface area (Å²) >= 11 is 0. The summed E-state index contributed by atoms with van der Waals surface area (Å²) in [6, 6.07) is 0.546. The number of carboxylic acids is 1. The Bertz CT molecular complexity index is 801. The van der Waals surface area contributed by atoms with Crippen molar-refractivity contribution in [3.63, 3.8) is 0 Å². The highest BCUT2D eigenvalue weighted by Crippen LogP contribution is 2.19. The zero-order chi connectivity index (χ0) is 18.6. The zero-order valence-electron chi connectivity index (χ0n) is 14.3. The standard InChI is InChI=1S/C16H20N4O5/c1-4-13-12-7-11(8-18-14(12)25-19-13)15(22)20(9(2)16(23)24)6-5-17-10(3)21/h7-9H,4-6H2,1-3H3,(H,17,21)(H,23,24). The lowest BCUT2D eigenvalue weighted by Crippen LogP contribution is -2.46. The number of nitrogens with one attached hydrogen (secondary N) is 1. The van der Waals surface area contributed by atoms with Crippen LogP contribution in [0.25, 0.3) is 11.1 Å². The number of aliphatic carboxylic acids is 1. The lowest BCUT2D eigenvalue weighted by atomic mass is 10.1. The van der Waals surface area contributed by atoms with Crippen molar-refractivity contribution in [3.05, 3.63) is 23.5 Å². The Morgan fingerprint density at radius 3 is 2.72 bits per heavy atom. The van der Waals surface area contributed by atoms with Gasteiger partial charge in [-0.15, -0.1) is 0 Å². The first-order chi connectivity index (χ1) is 11.8. The Hall–Kier alpha value is -2.97. The van der Waals surface area contributed by atoms with Crippen LogP contribution in [0.2, 0.25) is 0 Å². The summed E-state index contributed by atoms with van der Waals surface area (Å²) in [6.45, 7) is 4.88. The first-order valence-corrected chi connectivity index (χ1v) is 7.87. The molecule has 0 fully saturated rings. The number of nitrogens with zero attached hydrogens (tertiary/aromatic N) is 3. The first kappa shape index (κ1) is 18.4. The van der Waals surface area contributed by atoms with Gasteiger partial charge >= 0.3 is 5.97 Å². The van der Waals surface area contributed by atoms with Crippen molar-refractivity contribution in [1.29, 1.82) is 0 Å². The summed E-state index contributed by atoms with van der Waals surface area (Å²) in [6.07, 6.45) is 1.94. The largest absolute Gasteiger partial charge is 0.480 e. The average molecular weight is 348 g/mol. The fourth-order valence-corrected chi connectivity index (χ4v) is 2.37. The van der Waals surface area contributed by atoms with Gasteiger partial charge in [-0.3, -0.25) is 9.59 Å². The zero-order valence-corrected chi connectivity index (χ0v) is 14.3. The number of pyridine rings is 1. The number of carboxylic acid groups (broad SMARTS) is 1. The van der Waals surface area contributed by atoms with E-state index in [1.54, 1.807) is 6.07 Å². The molecule has 0 saturated heterocycles. The van der Waals surface area contributed by atoms with Gasteiger partial charge in [0, 0.05) is 26.2 Å². The van der Waals surface area contributed by atoms with Crippen molar-refractivity contribution < 1.29 is 24.0 Å². The molecule has 2 amide bonds. The molecule has 25 heavy (non-hydrogen) atoms. The molecule has 0 bridgehead atoms. The number of carbonyl (C=O) groups excluding carboxylic acids is 2. The Morgan fingerprint density at radius 2 is 2.12 bits per heavy atom. The summed E-state index contributed by atoms with van der Waals surface area (Å²) < 4.78 is 5.08. The minimum Gasteiger partial charge on any atom is -0.480 e. The van der Waals surface area contributed by atoms with E-state index in [0.717, 1.165) is 0 Å². The smallest absolute Gasteiger partial charge is 0.326 e. The minimum absolute atomic E-state index is 0.0637. The van der Waals surface area contributed by atoms with Gasteiger partial charge in [-0.25, -0.2) is 9.78 Å². The molecular weight excluding hydrogens is 328 g/mol. The van der Waals surface area contributed by atoms with E-state index >= 15 is 0 Å². The van der Waals surface area contributed by atoms with Gasteiger partial charge in [0.25, 0.3) is 11.6 Å². The molecule has 2 aromatic heterocycles. The number of aryl methyl sites for hydroxylation is 1. The quantitative estimate of drug-likeness (QED) is 0.759. The highest BCUT2D eigenvalue weighted by molar-refractivity contribution is 5.98. The summed E-state index contributed by atoms with van der Waals surface area (Å²) in [5.74, 6) is -1.88. The SMILES string of the molecule is CCc1noc2ncc(C(=O)N(CCNC(C)=O)C(C)C(=O)O)cc12. The van der Waals surface area contributed by atoms with Crippen LogP contribution in [0.1, 0.15) is 36.8 Å². The van der Waals surface area contributed by atoms with E-state index in [0.29, 0.717) is 23.2 Å². The number of carbonyl (C=O) groups is 3. The molecule has 0 aromatic carbocycles. The monoisotopic (exact) mass is 348 g/mol. The second kappa shape index (κ2) is 7.73. The van der Waals surface area contributed by atoms with Gasteiger partial charge in [0.1, 0.15) is 6.04 Å². The lowest BCUT2D eigenvalue weighted by molar-refractivity contribution is -0.141. The van der Waals surface area contributed by atoms with Gasteiger partial charge in [0.15, 0.2) is 0 Å². The molecular formula is C16H20N4O5. The maximum atomic E-state index is 12.8. The summed E-state index contributed by atoms with van der Waals surface area (Å²) in [4.78, 5) is 40.4. The molecule has 1 atom stereocenters. The van der Waals surface area contributed by atoms with Crippen molar-refractivity contribution in [2.24, 2.45) is 0 Å². The average Bonchev–Trinajstić information content (AvgIpc) is 2.99. The Kier molecular flexibility index (Phi) is 5.68. The van der Waals surface area contributed by atoms with Crippen LogP contribution in [0.5, 0.6) is 0 Å². The van der Waals surface area contributed by atoms with Crippen LogP contribution in [0.4, 0.5) is 0 Å². The summed E-state index contributed by atoms with van der Waals surface area (Å²) in [7, 11) is 0. The lowest BCUT2D eigenvalue weighted by Gasteiger charge is -2.26. The molecule has 0 aliphatic heterocycles. The molecule has 0 saturated carbocycles. The molecule has 2 aromatic rings. The number of amides is 2. The van der Waals surface area contributed by atoms with Crippen LogP contribution in [-0.4, -0.2) is 57.1 Å². The number of aromatic nitrogens is 2. The van der Waals surface area contributed by atoms with Crippen molar-refractivity contribution >= 4 is 28.9 Å². The number of hydrogen-bond acceptors (Lipinski definition) is 6. The topological polar surface area (TPSA) is 126 Å². The second-order valence-electron chi connectivity index (χ2n) is 5.56. The molecule has 0 aliphatic rings. The maximum Gasteiger partial charge on any atom is 0.326 e. The normalized spacial score (nSPS) is 12.0. The third-order valence-corrected chi connectivity index (χ3v) is 3.80. The predicted octanol–water partition coefficient (Wildman–Crippen LogP) is 0.837. The highest BCUT2D eigenvalue weighted by atomic mass is 16.5. The summed E-state index contributed by atoms with van der Waals surface area (Å²) in [5.41, 5.74) is 1.24. The molecule has 2 rings (SSSR count). The fraction of sp³-hybridized carbons (Fsp3) is 0.438. The van der Waals surface area contributed by atoms with E-state index in [-0.39, 0.29) is 24.6 Å². The van der Waals surface area contributed by atoms with Gasteiger partial charge in [0.2, 0.25) is 5.91 Å². The molecule has 134 valence electrons. The molecule has 2 heterocycles. The van der Waals surface area contributed by atoms with Crippen molar-refractivity contribution in [2.75, 3.05) is 13.1 Å². The molecule has 9 nitrogen and oxygen atoms in total. The van der Waals surface area contributed by atoms with Crippen molar-refractivity contribution in [1.82, 2.24) is 20.4 Å². The van der Waals surface area contributed by atoms with Crippen LogP contribution in [-0.2, 0) is 16.0 Å². The van der Waals surface area contributed by atoms with Gasteiger partial charge in [-0.2, -0.15) is 0 Å². The molecule has 0 spiro atoms. The minimum atomic E-state index is -1.13. The van der Waals surface area contributed by atoms with Crippen LogP contribution >= 0.6 is 0 Å². The molecule has 2 N–H and O–H groups in total. The number of rotatable bonds is 7. The van der Waals surface area contributed by atoms with E-state index in [9.17, 15) is 19.5 Å². The molecule has 0 aliphatic carbocycles. The third kappa shape index (κ3) is 4.11. The molecule has 9 heteroatoms. The maximum absolute atomic E-state index is 12.8. The third-order valence-electron chi connectivity index (χ3n) is 3.80. The Labute approximate surface area is 144 Å². The number of hydrogen-bond donors (Lipinski definition) is 2. The predicted molar refractivity (Wildman–Crippen MR) is 88.0 cm³/mol. The fourth-order valence-electron chi connectivity index (χ4n) is 2.37. The van der Waals surface area contributed by atoms with E-state index in [4.69, 9.17) is 4.52 Å². The van der Waals surface area contributed by atoms with E-state index in [1.165, 1.54) is 24.9 Å². The van der Waals surface area contributed by atoms with Gasteiger partial charge in [-0.05, 0) is 19.4 Å². The van der Waals surface area contributed by atoms with E-state index in [1.807, 2.05) is 6.92 Å². The van der Waals surface area contributed by atoms with Gasteiger partial charge in [-0.1, -0.05) is 12.1 Å². The Balaban J connectivity index is 2.30. The van der Waals surface area contributed by atoms with Crippen LogP contribution in [0, 0.1) is 0 Å². The number of fused-ring (bicyclic) bond motifs is 1. The molecule has 0 radical (unpaired) electrons. The van der Waals surface area contributed by atoms with Crippen LogP contribution < -0.4 is 5.32 Å². The molecule has 1 unspecified atom stereocenters.